The van der Waals surface area contributed by atoms with Gasteiger partial charge in [-0.1, -0.05) is 0 Å². The van der Waals surface area contributed by atoms with Crippen LogP contribution in [0.5, 0.6) is 0 Å². The number of aromatic nitrogens is 2. The zero-order valence-corrected chi connectivity index (χ0v) is 11.4. The average Bonchev–Trinajstić information content (AvgIpc) is 2.40. The van der Waals surface area contributed by atoms with Gasteiger partial charge in [-0.25, -0.2) is 9.97 Å². The number of nitrogens with zero attached hydrogens (tertiary/aromatic N) is 2. The highest BCUT2D eigenvalue weighted by Gasteiger charge is 2.23. The van der Waals surface area contributed by atoms with Crippen LogP contribution in [0.2, 0.25) is 0 Å². The van der Waals surface area contributed by atoms with Crippen LogP contribution in [-0.4, -0.2) is 27.2 Å². The van der Waals surface area contributed by atoms with Crippen molar-refractivity contribution < 1.29 is 0 Å². The Kier molecular flexibility index (Phi) is 3.47. The summed E-state index contributed by atoms with van der Waals surface area (Å²) in [6, 6.07) is 0. The Hall–Kier alpha value is -0.420. The minimum atomic E-state index is 0.447. The highest BCUT2D eigenvalue weighted by Crippen LogP contribution is 2.36. The van der Waals surface area contributed by atoms with E-state index in [2.05, 4.69) is 4.98 Å². The molecular weight excluding hydrogens is 250 g/mol. The Morgan fingerprint density at radius 1 is 1.12 bits per heavy atom. The zero-order valence-electron chi connectivity index (χ0n) is 9.82. The van der Waals surface area contributed by atoms with Crippen LogP contribution in [0.25, 0.3) is 0 Å². The smallest absolute Gasteiger partial charge is 0.144 e. The van der Waals surface area contributed by atoms with E-state index >= 15 is 0 Å². The van der Waals surface area contributed by atoms with E-state index in [0.717, 1.165) is 30.2 Å². The topological polar surface area (TPSA) is 51.8 Å². The molecule has 1 aromatic rings. The number of hydrogen-bond donors (Lipinski definition) is 1. The largest absolute Gasteiger partial charge is 0.383 e. The second-order valence-corrected chi connectivity index (χ2v) is 6.99. The second kappa shape index (κ2) is 5.06. The predicted molar refractivity (Wildman–Crippen MR) is 75.6 cm³/mol. The van der Waals surface area contributed by atoms with E-state index in [0.29, 0.717) is 5.25 Å². The summed E-state index contributed by atoms with van der Waals surface area (Å²) in [6.07, 6.45) is 4.62. The van der Waals surface area contributed by atoms with E-state index in [1.165, 1.54) is 35.6 Å². The highest BCUT2D eigenvalue weighted by molar-refractivity contribution is 8.06. The number of rotatable bonds is 1. The van der Waals surface area contributed by atoms with E-state index in [1.54, 1.807) is 0 Å². The summed E-state index contributed by atoms with van der Waals surface area (Å²) in [4.78, 5) is 9.32. The molecule has 1 unspecified atom stereocenters. The van der Waals surface area contributed by atoms with Crippen LogP contribution in [0.4, 0.5) is 5.82 Å². The lowest BCUT2D eigenvalue weighted by molar-refractivity contribution is 0.657. The molecule has 3 nitrogen and oxygen atoms in total. The van der Waals surface area contributed by atoms with Gasteiger partial charge in [-0.05, 0) is 25.7 Å². The van der Waals surface area contributed by atoms with E-state index in [9.17, 15) is 0 Å². The average molecular weight is 267 g/mol. The minimum Gasteiger partial charge on any atom is -0.383 e. The number of anilines is 1. The summed E-state index contributed by atoms with van der Waals surface area (Å²) >= 11 is 3.97. The monoisotopic (exact) mass is 267 g/mol. The molecule has 1 aliphatic carbocycles. The van der Waals surface area contributed by atoms with Gasteiger partial charge >= 0.3 is 0 Å². The van der Waals surface area contributed by atoms with Gasteiger partial charge in [0.15, 0.2) is 0 Å². The third-order valence-electron chi connectivity index (χ3n) is 3.34. The summed E-state index contributed by atoms with van der Waals surface area (Å²) in [7, 11) is 0. The van der Waals surface area contributed by atoms with Gasteiger partial charge in [0.1, 0.15) is 11.6 Å². The molecule has 1 saturated heterocycles. The lowest BCUT2D eigenvalue weighted by atomic mass is 9.96. The summed E-state index contributed by atoms with van der Waals surface area (Å²) in [5.41, 5.74) is 8.52. The number of nitrogen functional groups attached to an aromatic ring is 1. The summed E-state index contributed by atoms with van der Waals surface area (Å²) in [5.74, 6) is 5.29. The van der Waals surface area contributed by atoms with Crippen molar-refractivity contribution in [1.29, 1.82) is 0 Å². The van der Waals surface area contributed by atoms with Crippen LogP contribution in [0, 0.1) is 0 Å². The van der Waals surface area contributed by atoms with Crippen LogP contribution in [-0.2, 0) is 12.8 Å². The molecule has 2 aliphatic rings. The molecule has 2 N–H and O–H groups in total. The molecule has 0 radical (unpaired) electrons. The van der Waals surface area contributed by atoms with Crippen molar-refractivity contribution in [3.63, 3.8) is 0 Å². The molecule has 1 aromatic heterocycles. The molecule has 0 spiro atoms. The lowest BCUT2D eigenvalue weighted by Gasteiger charge is -2.23. The standard InChI is InChI=1S/C12H17N3S2/c13-11-8-3-1-2-4-9(8)14-12(15-11)10-7-16-5-6-17-10/h10H,1-7H2,(H2,13,14,15). The van der Waals surface area contributed by atoms with Gasteiger partial charge in [0.2, 0.25) is 0 Å². The van der Waals surface area contributed by atoms with E-state index in [4.69, 9.17) is 10.7 Å². The van der Waals surface area contributed by atoms with Crippen molar-refractivity contribution in [2.24, 2.45) is 0 Å². The van der Waals surface area contributed by atoms with Crippen LogP contribution >= 0.6 is 23.5 Å². The van der Waals surface area contributed by atoms with Gasteiger partial charge in [-0.2, -0.15) is 11.8 Å². The molecule has 1 atom stereocenters. The lowest BCUT2D eigenvalue weighted by Crippen LogP contribution is -2.17. The number of fused-ring (bicyclic) bond motifs is 1. The highest BCUT2D eigenvalue weighted by atomic mass is 32.2. The third kappa shape index (κ3) is 2.40. The number of thioether (sulfide) groups is 2. The van der Waals surface area contributed by atoms with Crippen molar-refractivity contribution in [2.45, 2.75) is 30.9 Å². The van der Waals surface area contributed by atoms with Crippen LogP contribution in [0.15, 0.2) is 0 Å². The van der Waals surface area contributed by atoms with Crippen molar-refractivity contribution in [3.05, 3.63) is 17.1 Å². The Morgan fingerprint density at radius 2 is 2.00 bits per heavy atom. The fraction of sp³-hybridized carbons (Fsp3) is 0.667. The first-order valence-corrected chi connectivity index (χ1v) is 8.39. The molecular formula is C12H17N3S2. The Morgan fingerprint density at radius 3 is 2.82 bits per heavy atom. The first kappa shape index (κ1) is 11.7. The molecule has 2 heterocycles. The Bertz CT molecular complexity index is 416. The maximum atomic E-state index is 6.08. The first-order valence-electron chi connectivity index (χ1n) is 6.19. The Balaban J connectivity index is 1.92. The minimum absolute atomic E-state index is 0.447. The van der Waals surface area contributed by atoms with Crippen molar-refractivity contribution >= 4 is 29.3 Å². The van der Waals surface area contributed by atoms with Crippen LogP contribution < -0.4 is 5.73 Å². The fourth-order valence-electron chi connectivity index (χ4n) is 2.42. The van der Waals surface area contributed by atoms with Gasteiger partial charge in [0, 0.05) is 28.5 Å². The molecule has 0 aromatic carbocycles. The van der Waals surface area contributed by atoms with Crippen molar-refractivity contribution in [2.75, 3.05) is 23.0 Å². The zero-order chi connectivity index (χ0) is 11.7. The van der Waals surface area contributed by atoms with E-state index in [-0.39, 0.29) is 0 Å². The first-order chi connectivity index (χ1) is 8.34. The molecule has 5 heteroatoms. The molecule has 0 amide bonds. The second-order valence-electron chi connectivity index (χ2n) is 4.53. The molecule has 92 valence electrons. The summed E-state index contributed by atoms with van der Waals surface area (Å²) in [5, 5.41) is 0.447. The van der Waals surface area contributed by atoms with Crippen LogP contribution in [0.1, 0.15) is 35.2 Å². The number of nitrogens with two attached hydrogens (primary N) is 1. The van der Waals surface area contributed by atoms with Gasteiger partial charge in [0.05, 0.1) is 5.25 Å². The van der Waals surface area contributed by atoms with Crippen LogP contribution in [0.3, 0.4) is 0 Å². The molecule has 0 bridgehead atoms. The van der Waals surface area contributed by atoms with Crippen molar-refractivity contribution in [1.82, 2.24) is 9.97 Å². The van der Waals surface area contributed by atoms with Gasteiger partial charge in [0.25, 0.3) is 0 Å². The maximum Gasteiger partial charge on any atom is 0.144 e. The summed E-state index contributed by atoms with van der Waals surface area (Å²) in [6.45, 7) is 0. The third-order valence-corrected chi connectivity index (χ3v) is 6.09. The SMILES string of the molecule is Nc1nc(C2CSCCS2)nc2c1CCCC2. The van der Waals surface area contributed by atoms with Crippen molar-refractivity contribution in [3.8, 4) is 0 Å². The molecule has 3 rings (SSSR count). The maximum absolute atomic E-state index is 6.08. The van der Waals surface area contributed by atoms with Gasteiger partial charge < -0.3 is 5.73 Å². The normalized spacial score (nSPS) is 24.4. The number of aryl methyl sites for hydroxylation is 1. The molecule has 1 aliphatic heterocycles. The summed E-state index contributed by atoms with van der Waals surface area (Å²) < 4.78 is 0. The predicted octanol–water partition coefficient (Wildman–Crippen LogP) is 2.46. The number of hydrogen-bond acceptors (Lipinski definition) is 5. The van der Waals surface area contributed by atoms with E-state index < -0.39 is 0 Å². The molecule has 17 heavy (non-hydrogen) atoms. The van der Waals surface area contributed by atoms with Gasteiger partial charge in [-0.15, -0.1) is 11.8 Å². The van der Waals surface area contributed by atoms with Gasteiger partial charge in [-0.3, -0.25) is 0 Å². The fourth-order valence-corrected chi connectivity index (χ4v) is 5.02. The Labute approximate surface area is 110 Å². The van der Waals surface area contributed by atoms with E-state index in [1.807, 2.05) is 23.5 Å². The molecule has 0 saturated carbocycles. The molecule has 1 fully saturated rings. The quantitative estimate of drug-likeness (QED) is 0.847.